The lowest BCUT2D eigenvalue weighted by Crippen LogP contribution is -2.49. The Labute approximate surface area is 166 Å². The highest BCUT2D eigenvalue weighted by Crippen LogP contribution is 2.25. The number of aliphatic hydroxyl groups excluding tert-OH is 1. The number of piperazine rings is 1. The Morgan fingerprint density at radius 1 is 1.07 bits per heavy atom. The SMILES string of the molecule is O=S(=O)(c1cccc2nsnc12)N1CCN(C[C@H](O)c2ccc(F)cc2)CC1. The van der Waals surface area contributed by atoms with Crippen molar-refractivity contribution in [1.82, 2.24) is 18.0 Å². The van der Waals surface area contributed by atoms with E-state index in [1.165, 1.54) is 16.4 Å². The predicted molar refractivity (Wildman–Crippen MR) is 104 cm³/mol. The van der Waals surface area contributed by atoms with E-state index in [1.807, 2.05) is 4.90 Å². The molecule has 0 radical (unpaired) electrons. The first-order valence-corrected chi connectivity index (χ1v) is 11.0. The van der Waals surface area contributed by atoms with Crippen LogP contribution in [0.3, 0.4) is 0 Å². The summed E-state index contributed by atoms with van der Waals surface area (Å²) in [4.78, 5) is 2.18. The minimum atomic E-state index is -3.66. The van der Waals surface area contributed by atoms with Gasteiger partial charge in [-0.3, -0.25) is 4.90 Å². The van der Waals surface area contributed by atoms with Crippen LogP contribution < -0.4 is 0 Å². The van der Waals surface area contributed by atoms with Crippen molar-refractivity contribution >= 4 is 32.8 Å². The summed E-state index contributed by atoms with van der Waals surface area (Å²) in [6.45, 7) is 2.02. The average Bonchev–Trinajstić information content (AvgIpc) is 3.17. The van der Waals surface area contributed by atoms with Gasteiger partial charge in [-0.15, -0.1) is 0 Å². The van der Waals surface area contributed by atoms with Crippen LogP contribution in [-0.4, -0.2) is 64.2 Å². The van der Waals surface area contributed by atoms with Gasteiger partial charge in [0, 0.05) is 32.7 Å². The van der Waals surface area contributed by atoms with Gasteiger partial charge in [0.15, 0.2) is 0 Å². The Morgan fingerprint density at radius 3 is 2.50 bits per heavy atom. The molecule has 0 aliphatic carbocycles. The number of fused-ring (bicyclic) bond motifs is 1. The zero-order valence-electron chi connectivity index (χ0n) is 14.9. The molecule has 1 aromatic heterocycles. The Hall–Kier alpha value is -1.98. The number of nitrogens with zero attached hydrogens (tertiary/aromatic N) is 4. The van der Waals surface area contributed by atoms with Crippen LogP contribution in [0.2, 0.25) is 0 Å². The number of rotatable bonds is 5. The van der Waals surface area contributed by atoms with E-state index < -0.39 is 16.1 Å². The van der Waals surface area contributed by atoms with Crippen LogP contribution in [0.1, 0.15) is 11.7 Å². The molecule has 28 heavy (non-hydrogen) atoms. The van der Waals surface area contributed by atoms with E-state index in [2.05, 4.69) is 8.75 Å². The monoisotopic (exact) mass is 422 g/mol. The minimum Gasteiger partial charge on any atom is -0.387 e. The largest absolute Gasteiger partial charge is 0.387 e. The van der Waals surface area contributed by atoms with Crippen molar-refractivity contribution < 1.29 is 17.9 Å². The van der Waals surface area contributed by atoms with Crippen LogP contribution in [0.5, 0.6) is 0 Å². The third-order valence-corrected chi connectivity index (χ3v) is 7.36. The van der Waals surface area contributed by atoms with Crippen molar-refractivity contribution in [1.29, 1.82) is 0 Å². The molecule has 2 heterocycles. The fraction of sp³-hybridized carbons (Fsp3) is 0.333. The zero-order valence-corrected chi connectivity index (χ0v) is 16.5. The molecule has 1 aliphatic rings. The Balaban J connectivity index is 1.42. The lowest BCUT2D eigenvalue weighted by atomic mass is 10.1. The Bertz CT molecular complexity index is 1060. The van der Waals surface area contributed by atoms with Crippen molar-refractivity contribution in [3.63, 3.8) is 0 Å². The molecule has 2 aromatic carbocycles. The first-order valence-electron chi connectivity index (χ1n) is 8.82. The fourth-order valence-electron chi connectivity index (χ4n) is 3.32. The molecule has 1 fully saturated rings. The summed E-state index contributed by atoms with van der Waals surface area (Å²) in [7, 11) is -3.66. The summed E-state index contributed by atoms with van der Waals surface area (Å²) < 4.78 is 48.8. The van der Waals surface area contributed by atoms with Crippen LogP contribution in [0.4, 0.5) is 4.39 Å². The van der Waals surface area contributed by atoms with Crippen LogP contribution in [0, 0.1) is 5.82 Å². The second kappa shape index (κ2) is 7.80. The molecule has 0 spiro atoms. The van der Waals surface area contributed by atoms with E-state index in [4.69, 9.17) is 0 Å². The number of β-amino-alcohol motifs (C(OH)–C–C–N with tert-alkyl or cyclic N) is 1. The molecule has 1 atom stereocenters. The molecule has 0 bridgehead atoms. The van der Waals surface area contributed by atoms with Crippen molar-refractivity contribution in [3.05, 3.63) is 53.8 Å². The number of halogens is 1. The highest BCUT2D eigenvalue weighted by Gasteiger charge is 2.31. The van der Waals surface area contributed by atoms with Crippen LogP contribution in [0.25, 0.3) is 11.0 Å². The normalized spacial score (nSPS) is 17.8. The highest BCUT2D eigenvalue weighted by atomic mass is 32.2. The van der Waals surface area contributed by atoms with E-state index in [9.17, 15) is 17.9 Å². The molecule has 7 nitrogen and oxygen atoms in total. The van der Waals surface area contributed by atoms with Gasteiger partial charge in [-0.1, -0.05) is 18.2 Å². The summed E-state index contributed by atoms with van der Waals surface area (Å²) in [5.41, 5.74) is 1.62. The molecule has 10 heteroatoms. The number of aliphatic hydroxyl groups is 1. The van der Waals surface area contributed by atoms with Crippen LogP contribution in [0.15, 0.2) is 47.4 Å². The van der Waals surface area contributed by atoms with Gasteiger partial charge in [0.25, 0.3) is 0 Å². The second-order valence-electron chi connectivity index (χ2n) is 6.66. The summed E-state index contributed by atoms with van der Waals surface area (Å²) in [6, 6.07) is 10.7. The number of aromatic nitrogens is 2. The minimum absolute atomic E-state index is 0.179. The Morgan fingerprint density at radius 2 is 1.79 bits per heavy atom. The molecule has 148 valence electrons. The molecule has 0 amide bonds. The van der Waals surface area contributed by atoms with Gasteiger partial charge in [0.2, 0.25) is 10.0 Å². The van der Waals surface area contributed by atoms with Gasteiger partial charge < -0.3 is 5.11 Å². The topological polar surface area (TPSA) is 86.6 Å². The quantitative estimate of drug-likeness (QED) is 0.676. The molecular formula is C18H19FN4O3S2. The highest BCUT2D eigenvalue weighted by molar-refractivity contribution is 7.89. The molecule has 1 saturated heterocycles. The maximum atomic E-state index is 13.0. The van der Waals surface area contributed by atoms with Gasteiger partial charge in [-0.2, -0.15) is 13.1 Å². The van der Waals surface area contributed by atoms with Crippen molar-refractivity contribution in [2.24, 2.45) is 0 Å². The third kappa shape index (κ3) is 3.78. The first kappa shape index (κ1) is 19.3. The van der Waals surface area contributed by atoms with Gasteiger partial charge in [-0.25, -0.2) is 12.8 Å². The smallest absolute Gasteiger partial charge is 0.245 e. The standard InChI is InChI=1S/C18H19FN4O3S2/c19-14-6-4-13(5-7-14)16(24)12-22-8-10-23(11-9-22)28(25,26)17-3-1-2-15-18(17)21-27-20-15/h1-7,16,24H,8-12H2/t16-/m0/s1. The van der Waals surface area contributed by atoms with E-state index in [1.54, 1.807) is 30.3 Å². The van der Waals surface area contributed by atoms with Crippen molar-refractivity contribution in [2.75, 3.05) is 32.7 Å². The molecule has 0 saturated carbocycles. The fourth-order valence-corrected chi connectivity index (χ4v) is 5.49. The van der Waals surface area contributed by atoms with Crippen molar-refractivity contribution in [2.45, 2.75) is 11.0 Å². The summed E-state index contributed by atoms with van der Waals surface area (Å²) in [5.74, 6) is -0.347. The van der Waals surface area contributed by atoms with Gasteiger partial charge in [0.05, 0.1) is 17.8 Å². The predicted octanol–water partition coefficient (Wildman–Crippen LogP) is 1.87. The molecule has 1 aliphatic heterocycles. The number of hydrogen-bond donors (Lipinski definition) is 1. The third-order valence-electron chi connectivity index (χ3n) is 4.88. The van der Waals surface area contributed by atoms with E-state index in [0.29, 0.717) is 49.3 Å². The average molecular weight is 423 g/mol. The second-order valence-corrected chi connectivity index (χ2v) is 9.09. The number of sulfonamides is 1. The van der Waals surface area contributed by atoms with E-state index in [-0.39, 0.29) is 10.7 Å². The lowest BCUT2D eigenvalue weighted by molar-refractivity contribution is 0.0921. The number of benzene rings is 2. The van der Waals surface area contributed by atoms with Crippen LogP contribution in [-0.2, 0) is 10.0 Å². The Kier molecular flexibility index (Phi) is 5.39. The molecular weight excluding hydrogens is 403 g/mol. The summed E-state index contributed by atoms with van der Waals surface area (Å²) in [6.07, 6.45) is -0.751. The summed E-state index contributed by atoms with van der Waals surface area (Å²) in [5, 5.41) is 10.4. The lowest BCUT2D eigenvalue weighted by Gasteiger charge is -2.35. The molecule has 3 aromatic rings. The number of hydrogen-bond acceptors (Lipinski definition) is 7. The van der Waals surface area contributed by atoms with Gasteiger partial charge in [0.1, 0.15) is 21.7 Å². The summed E-state index contributed by atoms with van der Waals surface area (Å²) >= 11 is 0.993. The maximum Gasteiger partial charge on any atom is 0.245 e. The van der Waals surface area contributed by atoms with E-state index >= 15 is 0 Å². The van der Waals surface area contributed by atoms with Crippen molar-refractivity contribution in [3.8, 4) is 0 Å². The van der Waals surface area contributed by atoms with E-state index in [0.717, 1.165) is 11.7 Å². The maximum absolute atomic E-state index is 13.0. The molecule has 1 N–H and O–H groups in total. The van der Waals surface area contributed by atoms with Crippen LogP contribution >= 0.6 is 11.7 Å². The molecule has 4 rings (SSSR count). The first-order chi connectivity index (χ1) is 13.4. The molecule has 0 unspecified atom stereocenters. The van der Waals surface area contributed by atoms with Gasteiger partial charge in [-0.05, 0) is 29.8 Å². The van der Waals surface area contributed by atoms with Gasteiger partial charge >= 0.3 is 0 Å². The zero-order chi connectivity index (χ0) is 19.7.